The molecule has 0 fully saturated rings. The predicted molar refractivity (Wildman–Crippen MR) is 102 cm³/mol. The molecule has 0 amide bonds. The fourth-order valence-electron chi connectivity index (χ4n) is 3.90. The summed E-state index contributed by atoms with van der Waals surface area (Å²) in [6.07, 6.45) is -4.74. The molecule has 2 atom stereocenters. The van der Waals surface area contributed by atoms with Crippen LogP contribution >= 0.6 is 0 Å². The number of hydrogen-bond donors (Lipinski definition) is 1. The number of carbonyl (C=O) groups excluding carboxylic acids is 1. The van der Waals surface area contributed by atoms with Gasteiger partial charge in [-0.25, -0.2) is 0 Å². The fourth-order valence-corrected chi connectivity index (χ4v) is 3.90. The van der Waals surface area contributed by atoms with Gasteiger partial charge in [0, 0.05) is 5.69 Å². The van der Waals surface area contributed by atoms with Gasteiger partial charge in [-0.1, -0.05) is 57.2 Å². The Hall–Kier alpha value is -2.50. The predicted octanol–water partition coefficient (Wildman–Crippen LogP) is 5.20. The van der Waals surface area contributed by atoms with Crippen LogP contribution < -0.4 is 5.32 Å². The number of alkyl halides is 3. The number of methoxy groups -OCH3 is 1. The molecule has 3 nitrogen and oxygen atoms in total. The number of fused-ring (bicyclic) bond motifs is 1. The molecule has 2 aromatic rings. The Bertz CT molecular complexity index is 869. The van der Waals surface area contributed by atoms with Crippen molar-refractivity contribution in [2.45, 2.75) is 44.3 Å². The second kappa shape index (κ2) is 6.83. The van der Waals surface area contributed by atoms with Gasteiger partial charge in [-0.05, 0) is 40.7 Å². The van der Waals surface area contributed by atoms with E-state index in [2.05, 4.69) is 5.32 Å². The van der Waals surface area contributed by atoms with Gasteiger partial charge in [-0.3, -0.25) is 4.79 Å². The standard InChI is InChI=1S/C22H24F3NO2/c1-20(2,3)15-9-11-16(12-10-15)26-21(22(23,24)25)17-8-6-5-7-14(17)13-18(21)19(27)28-4/h5-12,18,26H,13H2,1-4H3/t18-,21-/m1/s1. The molecule has 6 heteroatoms. The number of rotatable bonds is 3. The van der Waals surface area contributed by atoms with Crippen molar-refractivity contribution < 1.29 is 22.7 Å². The Morgan fingerprint density at radius 1 is 1.07 bits per heavy atom. The summed E-state index contributed by atoms with van der Waals surface area (Å²) in [7, 11) is 1.12. The molecule has 0 radical (unpaired) electrons. The van der Waals surface area contributed by atoms with Crippen LogP contribution in [0.15, 0.2) is 48.5 Å². The van der Waals surface area contributed by atoms with Gasteiger partial charge < -0.3 is 10.1 Å². The van der Waals surface area contributed by atoms with Crippen molar-refractivity contribution in [2.75, 3.05) is 12.4 Å². The molecule has 28 heavy (non-hydrogen) atoms. The van der Waals surface area contributed by atoms with Crippen molar-refractivity contribution in [3.8, 4) is 0 Å². The number of carbonyl (C=O) groups is 1. The smallest absolute Gasteiger partial charge is 0.416 e. The largest absolute Gasteiger partial charge is 0.469 e. The van der Waals surface area contributed by atoms with Gasteiger partial charge in [0.1, 0.15) is 0 Å². The third kappa shape index (κ3) is 3.25. The van der Waals surface area contributed by atoms with Crippen molar-refractivity contribution in [1.82, 2.24) is 0 Å². The topological polar surface area (TPSA) is 38.3 Å². The summed E-state index contributed by atoms with van der Waals surface area (Å²) in [5.74, 6) is -2.29. The summed E-state index contributed by atoms with van der Waals surface area (Å²) < 4.78 is 48.3. The number of halogens is 3. The number of benzene rings is 2. The lowest BCUT2D eigenvalue weighted by molar-refractivity contribution is -0.201. The van der Waals surface area contributed by atoms with Crippen molar-refractivity contribution in [2.24, 2.45) is 5.92 Å². The molecular weight excluding hydrogens is 367 g/mol. The Labute approximate surface area is 162 Å². The van der Waals surface area contributed by atoms with Gasteiger partial charge >= 0.3 is 12.1 Å². The average Bonchev–Trinajstić information content (AvgIpc) is 2.96. The minimum atomic E-state index is -4.71. The molecule has 0 saturated heterocycles. The fraction of sp³-hybridized carbons (Fsp3) is 0.409. The molecule has 0 unspecified atom stereocenters. The van der Waals surface area contributed by atoms with Gasteiger partial charge in [0.05, 0.1) is 13.0 Å². The van der Waals surface area contributed by atoms with E-state index in [9.17, 15) is 18.0 Å². The molecular formula is C22H24F3NO2. The number of esters is 1. The highest BCUT2D eigenvalue weighted by Crippen LogP contribution is 2.53. The van der Waals surface area contributed by atoms with Crippen LogP contribution in [0, 0.1) is 5.92 Å². The lowest BCUT2D eigenvalue weighted by Gasteiger charge is -2.38. The minimum Gasteiger partial charge on any atom is -0.469 e. The third-order valence-electron chi connectivity index (χ3n) is 5.41. The molecule has 0 spiro atoms. The molecule has 3 rings (SSSR count). The molecule has 0 heterocycles. The first-order valence-electron chi connectivity index (χ1n) is 9.12. The maximum Gasteiger partial charge on any atom is 0.416 e. The summed E-state index contributed by atoms with van der Waals surface area (Å²) >= 11 is 0. The van der Waals surface area contributed by atoms with E-state index in [4.69, 9.17) is 4.74 Å². The first-order valence-corrected chi connectivity index (χ1v) is 9.12. The highest BCUT2D eigenvalue weighted by atomic mass is 19.4. The number of anilines is 1. The van der Waals surface area contributed by atoms with E-state index in [0.717, 1.165) is 12.7 Å². The van der Waals surface area contributed by atoms with E-state index in [1.807, 2.05) is 20.8 Å². The zero-order valence-electron chi connectivity index (χ0n) is 16.4. The maximum absolute atomic E-state index is 14.5. The molecule has 1 aliphatic rings. The van der Waals surface area contributed by atoms with E-state index < -0.39 is 23.6 Å². The van der Waals surface area contributed by atoms with Gasteiger partial charge in [-0.2, -0.15) is 13.2 Å². The first-order chi connectivity index (χ1) is 13.0. The first kappa shape index (κ1) is 20.2. The highest BCUT2D eigenvalue weighted by Gasteiger charge is 2.66. The highest BCUT2D eigenvalue weighted by molar-refractivity contribution is 5.78. The minimum absolute atomic E-state index is 0.0323. The summed E-state index contributed by atoms with van der Waals surface area (Å²) in [6.45, 7) is 6.10. The van der Waals surface area contributed by atoms with Crippen LogP contribution in [0.3, 0.4) is 0 Å². The number of ether oxygens (including phenoxy) is 1. The molecule has 1 N–H and O–H groups in total. The molecule has 1 aliphatic carbocycles. The van der Waals surface area contributed by atoms with E-state index >= 15 is 0 Å². The Morgan fingerprint density at radius 2 is 1.68 bits per heavy atom. The summed E-state index contributed by atoms with van der Waals surface area (Å²) in [5.41, 5.74) is -0.785. The SMILES string of the molecule is COC(=O)[C@H]1Cc2ccccc2[C@]1(Nc1ccc(C(C)(C)C)cc1)C(F)(F)F. The molecule has 0 aromatic heterocycles. The molecule has 0 bridgehead atoms. The zero-order valence-corrected chi connectivity index (χ0v) is 16.4. The van der Waals surface area contributed by atoms with E-state index in [-0.39, 0.29) is 17.4 Å². The lowest BCUT2D eigenvalue weighted by atomic mass is 9.81. The van der Waals surface area contributed by atoms with Crippen LogP contribution in [0.1, 0.15) is 37.5 Å². The molecule has 2 aromatic carbocycles. The van der Waals surface area contributed by atoms with Crippen LogP contribution in [0.25, 0.3) is 0 Å². The van der Waals surface area contributed by atoms with Crippen LogP contribution in [0.4, 0.5) is 18.9 Å². The van der Waals surface area contributed by atoms with Crippen molar-refractivity contribution in [3.05, 3.63) is 65.2 Å². The normalized spacial score (nSPS) is 21.9. The van der Waals surface area contributed by atoms with E-state index in [1.54, 1.807) is 42.5 Å². The van der Waals surface area contributed by atoms with E-state index in [0.29, 0.717) is 11.3 Å². The molecule has 0 saturated carbocycles. The Morgan fingerprint density at radius 3 is 2.21 bits per heavy atom. The lowest BCUT2D eigenvalue weighted by Crippen LogP contribution is -2.55. The monoisotopic (exact) mass is 391 g/mol. The zero-order chi connectivity index (χ0) is 20.7. The van der Waals surface area contributed by atoms with Crippen molar-refractivity contribution >= 4 is 11.7 Å². The summed E-state index contributed by atoms with van der Waals surface area (Å²) in [6, 6.07) is 13.2. The van der Waals surface area contributed by atoms with Gasteiger partial charge in [0.15, 0.2) is 5.54 Å². The van der Waals surface area contributed by atoms with Crippen LogP contribution in [0.2, 0.25) is 0 Å². The maximum atomic E-state index is 14.5. The second-order valence-electron chi connectivity index (χ2n) is 8.20. The van der Waals surface area contributed by atoms with Crippen LogP contribution in [-0.2, 0) is 26.9 Å². The van der Waals surface area contributed by atoms with Crippen molar-refractivity contribution in [1.29, 1.82) is 0 Å². The van der Waals surface area contributed by atoms with Gasteiger partial charge in [0.2, 0.25) is 0 Å². The number of hydrogen-bond acceptors (Lipinski definition) is 3. The van der Waals surface area contributed by atoms with Crippen molar-refractivity contribution in [3.63, 3.8) is 0 Å². The molecule has 150 valence electrons. The van der Waals surface area contributed by atoms with Gasteiger partial charge in [-0.15, -0.1) is 0 Å². The third-order valence-corrected chi connectivity index (χ3v) is 5.41. The Balaban J connectivity index is 2.13. The van der Waals surface area contributed by atoms with Crippen LogP contribution in [0.5, 0.6) is 0 Å². The van der Waals surface area contributed by atoms with E-state index in [1.165, 1.54) is 6.07 Å². The Kier molecular flexibility index (Phi) is 4.94. The summed E-state index contributed by atoms with van der Waals surface area (Å²) in [4.78, 5) is 12.4. The number of nitrogens with one attached hydrogen (secondary N) is 1. The van der Waals surface area contributed by atoms with Crippen LogP contribution in [-0.4, -0.2) is 19.3 Å². The summed E-state index contributed by atoms with van der Waals surface area (Å²) in [5, 5.41) is 2.67. The second-order valence-corrected chi connectivity index (χ2v) is 8.20. The quantitative estimate of drug-likeness (QED) is 0.731. The average molecular weight is 391 g/mol. The van der Waals surface area contributed by atoms with Gasteiger partial charge in [0.25, 0.3) is 0 Å². The molecule has 0 aliphatic heterocycles.